The van der Waals surface area contributed by atoms with Gasteiger partial charge in [0, 0.05) is 34.2 Å². The molecule has 6 unspecified atom stereocenters. The van der Waals surface area contributed by atoms with Gasteiger partial charge in [0.1, 0.15) is 6.04 Å². The van der Waals surface area contributed by atoms with Crippen LogP contribution in [0.2, 0.25) is 0 Å². The third-order valence-electron chi connectivity index (χ3n) is 9.23. The number of rotatable bonds is 17. The minimum absolute atomic E-state index is 0.0646. The summed E-state index contributed by atoms with van der Waals surface area (Å²) in [5.74, 6) is -2.75. The minimum atomic E-state index is -1.16. The van der Waals surface area contributed by atoms with Crippen LogP contribution in [0.15, 0.2) is 60.7 Å². The van der Waals surface area contributed by atoms with Gasteiger partial charge in [0.25, 0.3) is 0 Å². The van der Waals surface area contributed by atoms with E-state index in [1.165, 1.54) is 26.2 Å². The number of esters is 1. The number of nitrogens with two attached hydrogens (primary N) is 1. The lowest BCUT2D eigenvalue weighted by molar-refractivity contribution is -0.147. The molecule has 1 fully saturated rings. The fourth-order valence-corrected chi connectivity index (χ4v) is 6.39. The molecule has 0 saturated carbocycles. The smallest absolute Gasteiger partial charge is 0.328 e. The van der Waals surface area contributed by atoms with Gasteiger partial charge in [-0.15, -0.1) is 0 Å². The largest absolute Gasteiger partial charge is 0.467 e. The summed E-state index contributed by atoms with van der Waals surface area (Å²) in [5.41, 5.74) is 6.33. The molecule has 4 amide bonds. The van der Waals surface area contributed by atoms with Gasteiger partial charge in [-0.1, -0.05) is 67.6 Å². The number of likely N-dealkylation sites (N-methyl/N-ethyl adjacent to an activating group) is 1. The van der Waals surface area contributed by atoms with E-state index in [1.54, 1.807) is 32.7 Å². The normalized spacial score (nSPS) is 17.5. The number of nitrogens with one attached hydrogen (secondary N) is 2. The number of nitrogens with zero attached hydrogens (tertiary/aromatic N) is 2. The Morgan fingerprint density at radius 3 is 2.16 bits per heavy atom. The summed E-state index contributed by atoms with van der Waals surface area (Å²) in [6, 6.07) is 16.6. The van der Waals surface area contributed by atoms with Crippen molar-refractivity contribution < 1.29 is 38.2 Å². The highest BCUT2D eigenvalue weighted by Crippen LogP contribution is 2.31. The lowest BCUT2D eigenvalue weighted by Gasteiger charge is -2.37. The highest BCUT2D eigenvalue weighted by Gasteiger charge is 2.42. The number of likely N-dealkylation sites (tertiary alicyclic amines) is 1. The van der Waals surface area contributed by atoms with Crippen LogP contribution in [0.1, 0.15) is 57.2 Å². The van der Waals surface area contributed by atoms with Gasteiger partial charge in [-0.05, 0) is 37.8 Å². The van der Waals surface area contributed by atoms with Crippen LogP contribution in [0.3, 0.4) is 0 Å². The zero-order chi connectivity index (χ0) is 37.0. The average molecular weight is 696 g/mol. The Bertz CT molecular complexity index is 1430. The van der Waals surface area contributed by atoms with Crippen molar-refractivity contribution in [1.29, 1.82) is 0 Å². The van der Waals surface area contributed by atoms with Gasteiger partial charge in [0.2, 0.25) is 23.6 Å². The number of ether oxygens (including phenoxy) is 3. The predicted octanol–water partition coefficient (Wildman–Crippen LogP) is 1.99. The van der Waals surface area contributed by atoms with Crippen LogP contribution in [0, 0.1) is 5.92 Å². The molecule has 1 heterocycles. The maximum Gasteiger partial charge on any atom is 0.328 e. The minimum Gasteiger partial charge on any atom is -0.467 e. The first-order chi connectivity index (χ1) is 23.7. The maximum atomic E-state index is 14.1. The lowest BCUT2D eigenvalue weighted by Crippen LogP contribution is -2.53. The van der Waals surface area contributed by atoms with E-state index in [1.807, 2.05) is 60.7 Å². The van der Waals surface area contributed by atoms with Crippen LogP contribution in [-0.2, 0) is 44.6 Å². The van der Waals surface area contributed by atoms with Gasteiger partial charge >= 0.3 is 5.97 Å². The molecule has 6 atom stereocenters. The topological polar surface area (TPSA) is 170 Å². The van der Waals surface area contributed by atoms with Crippen molar-refractivity contribution in [2.24, 2.45) is 11.7 Å². The molecule has 4 N–H and O–H groups in total. The van der Waals surface area contributed by atoms with Crippen molar-refractivity contribution in [3.63, 3.8) is 0 Å². The molecule has 50 heavy (non-hydrogen) atoms. The number of amides is 4. The molecule has 2 aromatic carbocycles. The number of carbonyl (C=O) groups excluding carboxylic acids is 5. The Kier molecular flexibility index (Phi) is 14.9. The van der Waals surface area contributed by atoms with Crippen LogP contribution in [0.4, 0.5) is 0 Å². The van der Waals surface area contributed by atoms with Gasteiger partial charge in [-0.2, -0.15) is 0 Å². The lowest BCUT2D eigenvalue weighted by atomic mass is 9.93. The molecule has 0 bridgehead atoms. The number of methoxy groups -OCH3 is 3. The fourth-order valence-electron chi connectivity index (χ4n) is 6.39. The van der Waals surface area contributed by atoms with E-state index < -0.39 is 59.6 Å². The third kappa shape index (κ3) is 10.6. The average Bonchev–Trinajstić information content (AvgIpc) is 3.59. The Morgan fingerprint density at radius 2 is 1.60 bits per heavy atom. The van der Waals surface area contributed by atoms with Crippen molar-refractivity contribution >= 4 is 29.6 Å². The molecule has 1 aliphatic heterocycles. The molecule has 0 radical (unpaired) electrons. The SMILES string of the molecule is COC(=O)C(Cc1ccccc1)NC(=O)C(C)C(OC)C1CCCN1C(=O)CC(OC)C(c1ccccc1)N(C)C(=O)CNC(=O)C(C)(C)N. The van der Waals surface area contributed by atoms with E-state index in [0.717, 1.165) is 11.1 Å². The summed E-state index contributed by atoms with van der Waals surface area (Å²) in [6.45, 7) is 4.99. The highest BCUT2D eigenvalue weighted by atomic mass is 16.5. The summed E-state index contributed by atoms with van der Waals surface area (Å²) in [6.07, 6.45) is 0.0995. The van der Waals surface area contributed by atoms with Crippen molar-refractivity contribution in [2.75, 3.05) is 41.5 Å². The molecule has 0 aromatic heterocycles. The monoisotopic (exact) mass is 695 g/mol. The van der Waals surface area contributed by atoms with Crippen molar-refractivity contribution in [3.05, 3.63) is 71.8 Å². The van der Waals surface area contributed by atoms with Gasteiger partial charge in [0.05, 0.1) is 55.8 Å². The van der Waals surface area contributed by atoms with Crippen LogP contribution in [0.25, 0.3) is 0 Å². The van der Waals surface area contributed by atoms with Crippen LogP contribution >= 0.6 is 0 Å². The summed E-state index contributed by atoms with van der Waals surface area (Å²) in [7, 11) is 5.88. The molecule has 1 aliphatic rings. The maximum absolute atomic E-state index is 14.1. The van der Waals surface area contributed by atoms with E-state index in [4.69, 9.17) is 19.9 Å². The summed E-state index contributed by atoms with van der Waals surface area (Å²) in [4.78, 5) is 69.1. The standard InChI is InChI=1S/C37H53N5O8/c1-24(34(45)40-27(35(46)50-7)21-25-15-10-8-11-16-25)33(49-6)28-19-14-20-42(28)30(43)22-29(48-5)32(26-17-12-9-13-18-26)41(4)31(44)23-39-36(47)37(2,3)38/h8-13,15-18,24,27-29,32-33H,14,19-23,38H2,1-7H3,(H,39,47)(H,40,45). The van der Waals surface area contributed by atoms with Crippen molar-refractivity contribution in [2.45, 2.75) is 82.3 Å². The van der Waals surface area contributed by atoms with Gasteiger partial charge < -0.3 is 40.4 Å². The predicted molar refractivity (Wildman–Crippen MR) is 187 cm³/mol. The van der Waals surface area contributed by atoms with Crippen LogP contribution < -0.4 is 16.4 Å². The molecule has 13 heteroatoms. The number of hydrogen-bond acceptors (Lipinski definition) is 9. The van der Waals surface area contributed by atoms with Crippen molar-refractivity contribution in [3.8, 4) is 0 Å². The first-order valence-electron chi connectivity index (χ1n) is 16.9. The van der Waals surface area contributed by atoms with Crippen LogP contribution in [-0.4, -0.2) is 111 Å². The fraction of sp³-hybridized carbons (Fsp3) is 0.541. The number of benzene rings is 2. The van der Waals surface area contributed by atoms with Crippen molar-refractivity contribution in [1.82, 2.24) is 20.4 Å². The molecule has 0 aliphatic carbocycles. The quantitative estimate of drug-likeness (QED) is 0.210. The first-order valence-corrected chi connectivity index (χ1v) is 16.9. The van der Waals surface area contributed by atoms with Gasteiger partial charge in [0.15, 0.2) is 0 Å². The molecule has 274 valence electrons. The number of carbonyl (C=O) groups is 5. The summed E-state index contributed by atoms with van der Waals surface area (Å²) in [5, 5.41) is 5.42. The zero-order valence-electron chi connectivity index (χ0n) is 30.2. The van der Waals surface area contributed by atoms with Gasteiger partial charge in [-0.3, -0.25) is 19.2 Å². The molecule has 2 aromatic rings. The second kappa shape index (κ2) is 18.6. The third-order valence-corrected chi connectivity index (χ3v) is 9.23. The summed E-state index contributed by atoms with van der Waals surface area (Å²) >= 11 is 0. The van der Waals surface area contributed by atoms with Gasteiger partial charge in [-0.25, -0.2) is 4.79 Å². The molecular weight excluding hydrogens is 642 g/mol. The van der Waals surface area contributed by atoms with Crippen LogP contribution in [0.5, 0.6) is 0 Å². The van der Waals surface area contributed by atoms with E-state index in [-0.39, 0.29) is 31.2 Å². The Balaban J connectivity index is 1.77. The highest BCUT2D eigenvalue weighted by molar-refractivity contribution is 5.89. The van der Waals surface area contributed by atoms with E-state index in [9.17, 15) is 24.0 Å². The molecule has 1 saturated heterocycles. The Hall–Kier alpha value is -4.33. The second-order valence-electron chi connectivity index (χ2n) is 13.3. The van der Waals surface area contributed by atoms with E-state index in [2.05, 4.69) is 10.6 Å². The molecular formula is C37H53N5O8. The second-order valence-corrected chi connectivity index (χ2v) is 13.3. The van der Waals surface area contributed by atoms with E-state index >= 15 is 0 Å². The number of hydrogen-bond donors (Lipinski definition) is 3. The molecule has 13 nitrogen and oxygen atoms in total. The Morgan fingerprint density at radius 1 is 0.980 bits per heavy atom. The summed E-state index contributed by atoms with van der Waals surface area (Å²) < 4.78 is 16.7. The first kappa shape index (κ1) is 40.1. The molecule has 0 spiro atoms. The van der Waals surface area contributed by atoms with E-state index in [0.29, 0.717) is 19.4 Å². The molecule has 3 rings (SSSR count). The Labute approximate surface area is 295 Å². The zero-order valence-corrected chi connectivity index (χ0v) is 30.2.